The molecule has 1 rings (SSSR count). The maximum absolute atomic E-state index is 3.54. The predicted molar refractivity (Wildman–Crippen MR) is 61.3 cm³/mol. The standard InChI is InChI=1S/C12H19N.H2/c1-5-12(3,4)13-11-9-7-6-8-10(11)2;/h6-9,13H,5H2,1-4H3;1H. The van der Waals surface area contributed by atoms with Crippen LogP contribution in [0.25, 0.3) is 0 Å². The van der Waals surface area contributed by atoms with E-state index in [9.17, 15) is 0 Å². The Morgan fingerprint density at radius 1 is 1.31 bits per heavy atom. The number of hydrogen-bond acceptors (Lipinski definition) is 1. The van der Waals surface area contributed by atoms with E-state index in [1.165, 1.54) is 11.3 Å². The predicted octanol–water partition coefficient (Wildman–Crippen LogP) is 3.84. The number of anilines is 1. The van der Waals surface area contributed by atoms with Crippen molar-refractivity contribution in [2.24, 2.45) is 0 Å². The summed E-state index contributed by atoms with van der Waals surface area (Å²) in [6.07, 6.45) is 1.13. The minimum Gasteiger partial charge on any atom is -0.380 e. The Morgan fingerprint density at radius 2 is 1.92 bits per heavy atom. The van der Waals surface area contributed by atoms with E-state index in [0.717, 1.165) is 6.42 Å². The van der Waals surface area contributed by atoms with Crippen molar-refractivity contribution in [2.75, 3.05) is 5.32 Å². The number of nitrogens with one attached hydrogen (secondary N) is 1. The van der Waals surface area contributed by atoms with Crippen molar-refractivity contribution >= 4 is 5.69 Å². The lowest BCUT2D eigenvalue weighted by Gasteiger charge is -2.26. The lowest BCUT2D eigenvalue weighted by Crippen LogP contribution is -2.29. The molecule has 0 bridgehead atoms. The van der Waals surface area contributed by atoms with E-state index in [1.54, 1.807) is 0 Å². The van der Waals surface area contributed by atoms with Gasteiger partial charge in [-0.05, 0) is 38.8 Å². The Kier molecular flexibility index (Phi) is 2.97. The molecule has 1 N–H and O–H groups in total. The fourth-order valence-corrected chi connectivity index (χ4v) is 1.17. The zero-order valence-corrected chi connectivity index (χ0v) is 9.02. The average molecular weight is 179 g/mol. The van der Waals surface area contributed by atoms with Crippen molar-refractivity contribution in [1.29, 1.82) is 0 Å². The van der Waals surface area contributed by atoms with Crippen LogP contribution in [0.1, 0.15) is 34.2 Å². The fraction of sp³-hybridized carbons (Fsp3) is 0.500. The van der Waals surface area contributed by atoms with Crippen LogP contribution < -0.4 is 5.32 Å². The second-order valence-electron chi connectivity index (χ2n) is 4.18. The van der Waals surface area contributed by atoms with Gasteiger partial charge in [0.2, 0.25) is 0 Å². The quantitative estimate of drug-likeness (QED) is 0.743. The number of aryl methyl sites for hydroxylation is 1. The molecule has 0 aliphatic heterocycles. The third kappa shape index (κ3) is 2.76. The van der Waals surface area contributed by atoms with Gasteiger partial charge in [0.1, 0.15) is 0 Å². The van der Waals surface area contributed by atoms with Gasteiger partial charge >= 0.3 is 0 Å². The first-order chi connectivity index (χ1) is 6.05. The molecule has 0 heterocycles. The summed E-state index contributed by atoms with van der Waals surface area (Å²) in [5.41, 5.74) is 2.74. The Labute approximate surface area is 82.7 Å². The second kappa shape index (κ2) is 3.82. The van der Waals surface area contributed by atoms with Crippen LogP contribution in [-0.2, 0) is 0 Å². The summed E-state index contributed by atoms with van der Waals surface area (Å²) in [6, 6.07) is 8.40. The van der Waals surface area contributed by atoms with E-state index < -0.39 is 0 Å². The van der Waals surface area contributed by atoms with E-state index in [0.29, 0.717) is 0 Å². The zero-order valence-electron chi connectivity index (χ0n) is 9.02. The number of benzene rings is 1. The highest BCUT2D eigenvalue weighted by atomic mass is 15.0. The summed E-state index contributed by atoms with van der Waals surface area (Å²) < 4.78 is 0. The highest BCUT2D eigenvalue weighted by Crippen LogP contribution is 2.20. The molecule has 0 radical (unpaired) electrons. The monoisotopic (exact) mass is 179 g/mol. The lowest BCUT2D eigenvalue weighted by molar-refractivity contribution is 0.547. The van der Waals surface area contributed by atoms with Gasteiger partial charge in [-0.25, -0.2) is 0 Å². The maximum Gasteiger partial charge on any atom is 0.0373 e. The molecule has 1 aromatic rings. The van der Waals surface area contributed by atoms with E-state index in [1.807, 2.05) is 0 Å². The maximum atomic E-state index is 3.54. The van der Waals surface area contributed by atoms with Crippen LogP contribution in [0.15, 0.2) is 24.3 Å². The molecule has 13 heavy (non-hydrogen) atoms. The molecule has 0 saturated carbocycles. The fourth-order valence-electron chi connectivity index (χ4n) is 1.17. The largest absolute Gasteiger partial charge is 0.380 e. The molecule has 0 saturated heterocycles. The van der Waals surface area contributed by atoms with Crippen LogP contribution in [-0.4, -0.2) is 5.54 Å². The van der Waals surface area contributed by atoms with Crippen molar-refractivity contribution < 1.29 is 1.43 Å². The Morgan fingerprint density at radius 3 is 2.46 bits per heavy atom. The molecule has 0 atom stereocenters. The molecule has 0 spiro atoms. The molecule has 74 valence electrons. The van der Waals surface area contributed by atoms with Crippen molar-refractivity contribution in [3.05, 3.63) is 29.8 Å². The molecule has 0 fully saturated rings. The number of hydrogen-bond donors (Lipinski definition) is 1. The summed E-state index contributed by atoms with van der Waals surface area (Å²) in [7, 11) is 0. The summed E-state index contributed by atoms with van der Waals surface area (Å²) in [6.45, 7) is 8.78. The third-order valence-corrected chi connectivity index (χ3v) is 2.50. The van der Waals surface area contributed by atoms with E-state index >= 15 is 0 Å². The minimum absolute atomic E-state index is 0. The smallest absolute Gasteiger partial charge is 0.0373 e. The van der Waals surface area contributed by atoms with Gasteiger partial charge in [-0.15, -0.1) is 0 Å². The van der Waals surface area contributed by atoms with Crippen molar-refractivity contribution in [3.63, 3.8) is 0 Å². The van der Waals surface area contributed by atoms with Gasteiger partial charge < -0.3 is 5.32 Å². The summed E-state index contributed by atoms with van der Waals surface area (Å²) in [5, 5.41) is 3.54. The summed E-state index contributed by atoms with van der Waals surface area (Å²) in [5.74, 6) is 0. The first-order valence-corrected chi connectivity index (χ1v) is 4.89. The molecular weight excluding hydrogens is 158 g/mol. The van der Waals surface area contributed by atoms with Crippen molar-refractivity contribution in [3.8, 4) is 0 Å². The van der Waals surface area contributed by atoms with Crippen molar-refractivity contribution in [1.82, 2.24) is 0 Å². The van der Waals surface area contributed by atoms with E-state index in [2.05, 4.69) is 57.3 Å². The van der Waals surface area contributed by atoms with Crippen LogP contribution in [0.3, 0.4) is 0 Å². The van der Waals surface area contributed by atoms with Crippen LogP contribution in [0.4, 0.5) is 5.69 Å². The highest BCUT2D eigenvalue weighted by Gasteiger charge is 2.14. The first-order valence-electron chi connectivity index (χ1n) is 4.89. The summed E-state index contributed by atoms with van der Waals surface area (Å²) >= 11 is 0. The lowest BCUT2D eigenvalue weighted by atomic mass is 10.0. The van der Waals surface area contributed by atoms with Gasteiger partial charge in [-0.2, -0.15) is 0 Å². The number of para-hydroxylation sites is 1. The van der Waals surface area contributed by atoms with Gasteiger partial charge in [-0.1, -0.05) is 25.1 Å². The van der Waals surface area contributed by atoms with Gasteiger partial charge in [0.05, 0.1) is 0 Å². The Hall–Kier alpha value is -0.980. The topological polar surface area (TPSA) is 12.0 Å². The average Bonchev–Trinajstić information content (AvgIpc) is 2.09. The Bertz CT molecular complexity index is 281. The van der Waals surface area contributed by atoms with Gasteiger partial charge in [-0.3, -0.25) is 0 Å². The molecule has 0 aromatic heterocycles. The second-order valence-corrected chi connectivity index (χ2v) is 4.18. The van der Waals surface area contributed by atoms with E-state index in [-0.39, 0.29) is 6.97 Å². The van der Waals surface area contributed by atoms with Crippen molar-refractivity contribution in [2.45, 2.75) is 39.7 Å². The van der Waals surface area contributed by atoms with E-state index in [4.69, 9.17) is 0 Å². The van der Waals surface area contributed by atoms with Crippen LogP contribution in [0.2, 0.25) is 0 Å². The first kappa shape index (κ1) is 10.1. The molecule has 0 aliphatic carbocycles. The number of rotatable bonds is 3. The molecular formula is C12H21N. The van der Waals surface area contributed by atoms with Gasteiger partial charge in [0, 0.05) is 12.7 Å². The zero-order chi connectivity index (χ0) is 9.90. The molecule has 0 amide bonds. The molecule has 1 heteroatoms. The summed E-state index contributed by atoms with van der Waals surface area (Å²) in [4.78, 5) is 0. The minimum atomic E-state index is 0. The molecule has 0 unspecified atom stereocenters. The Balaban J connectivity index is 0.00000169. The van der Waals surface area contributed by atoms with Gasteiger partial charge in [0.15, 0.2) is 0 Å². The van der Waals surface area contributed by atoms with Crippen LogP contribution in [0.5, 0.6) is 0 Å². The van der Waals surface area contributed by atoms with Gasteiger partial charge in [0.25, 0.3) is 0 Å². The highest BCUT2D eigenvalue weighted by molar-refractivity contribution is 5.51. The SMILES string of the molecule is CCC(C)(C)Nc1ccccc1C.[HH]. The molecule has 1 nitrogen and oxygen atoms in total. The van der Waals surface area contributed by atoms with Crippen LogP contribution in [0, 0.1) is 6.92 Å². The molecule has 0 aliphatic rings. The third-order valence-electron chi connectivity index (χ3n) is 2.50. The van der Waals surface area contributed by atoms with Crippen LogP contribution >= 0.6 is 0 Å². The molecule has 1 aromatic carbocycles. The normalized spacial score (nSPS) is 11.4.